The maximum absolute atomic E-state index is 11.5. The third-order valence-electron chi connectivity index (χ3n) is 1.48. The Labute approximate surface area is 111 Å². The topological polar surface area (TPSA) is 88.1 Å². The first-order valence-electron chi connectivity index (χ1n) is 4.87. The van der Waals surface area contributed by atoms with E-state index in [0.29, 0.717) is 0 Å². The summed E-state index contributed by atoms with van der Waals surface area (Å²) in [6.07, 6.45) is 7.67. The SMILES string of the molecule is C#CCOC(=O)C(O[P+](=O)COC)C(=O)OCC#C. The van der Waals surface area contributed by atoms with E-state index in [2.05, 4.69) is 14.2 Å². The number of hydrogen-bond acceptors (Lipinski definition) is 7. The van der Waals surface area contributed by atoms with Crippen molar-refractivity contribution in [2.24, 2.45) is 0 Å². The molecule has 0 radical (unpaired) electrons. The summed E-state index contributed by atoms with van der Waals surface area (Å²) in [6, 6.07) is 0. The van der Waals surface area contributed by atoms with Crippen molar-refractivity contribution in [2.45, 2.75) is 6.10 Å². The van der Waals surface area contributed by atoms with Crippen molar-refractivity contribution in [2.75, 3.05) is 26.7 Å². The summed E-state index contributed by atoms with van der Waals surface area (Å²) in [5.74, 6) is 1.84. The molecule has 0 rings (SSSR count). The maximum Gasteiger partial charge on any atom is 0.538 e. The van der Waals surface area contributed by atoms with Gasteiger partial charge in [0.25, 0.3) is 6.35 Å². The van der Waals surface area contributed by atoms with E-state index in [0.717, 1.165) is 0 Å². The molecule has 7 nitrogen and oxygen atoms in total. The number of carbonyl (C=O) groups is 2. The Kier molecular flexibility index (Phi) is 9.03. The normalized spacial score (nSPS) is 10.2. The Morgan fingerprint density at radius 1 is 1.16 bits per heavy atom. The van der Waals surface area contributed by atoms with Crippen molar-refractivity contribution >= 4 is 20.0 Å². The van der Waals surface area contributed by atoms with Gasteiger partial charge in [-0.25, -0.2) is 9.59 Å². The van der Waals surface area contributed by atoms with Gasteiger partial charge in [-0.3, -0.25) is 0 Å². The van der Waals surface area contributed by atoms with Crippen LogP contribution in [0.25, 0.3) is 0 Å². The van der Waals surface area contributed by atoms with E-state index in [1.807, 2.05) is 11.8 Å². The fourth-order valence-electron chi connectivity index (χ4n) is 0.813. The Balaban J connectivity index is 4.68. The molecule has 0 aliphatic heterocycles. The lowest BCUT2D eigenvalue weighted by molar-refractivity contribution is -0.164. The number of carbonyl (C=O) groups excluding carboxylic acids is 2. The minimum Gasteiger partial charge on any atom is -0.450 e. The molecule has 19 heavy (non-hydrogen) atoms. The molecule has 0 bridgehead atoms. The van der Waals surface area contributed by atoms with Gasteiger partial charge in [-0.1, -0.05) is 11.8 Å². The van der Waals surface area contributed by atoms with Gasteiger partial charge in [0.05, 0.1) is 0 Å². The minimum atomic E-state index is -2.39. The lowest BCUT2D eigenvalue weighted by atomic mass is 10.4. The average Bonchev–Trinajstić information content (AvgIpc) is 2.39. The van der Waals surface area contributed by atoms with E-state index >= 15 is 0 Å². The monoisotopic (exact) mass is 287 g/mol. The van der Waals surface area contributed by atoms with Gasteiger partial charge in [0, 0.05) is 7.11 Å². The van der Waals surface area contributed by atoms with Crippen LogP contribution in [0.4, 0.5) is 0 Å². The van der Waals surface area contributed by atoms with Crippen LogP contribution in [-0.2, 0) is 32.9 Å². The van der Waals surface area contributed by atoms with Crippen molar-refractivity contribution in [1.29, 1.82) is 0 Å². The summed E-state index contributed by atoms with van der Waals surface area (Å²) >= 11 is 0. The lowest BCUT2D eigenvalue weighted by Crippen LogP contribution is -2.35. The van der Waals surface area contributed by atoms with Crippen LogP contribution >= 0.6 is 8.03 Å². The van der Waals surface area contributed by atoms with Gasteiger partial charge >= 0.3 is 26.1 Å². The molecule has 1 unspecified atom stereocenters. The molecule has 0 amide bonds. The molecule has 0 saturated heterocycles. The number of rotatable bonds is 8. The molecule has 0 fully saturated rings. The van der Waals surface area contributed by atoms with Crippen LogP contribution in [0.1, 0.15) is 0 Å². The van der Waals surface area contributed by atoms with Crippen molar-refractivity contribution in [1.82, 2.24) is 0 Å². The second-order valence-electron chi connectivity index (χ2n) is 2.86. The molecule has 102 valence electrons. The zero-order valence-electron chi connectivity index (χ0n) is 10.2. The Hall–Kier alpha value is -1.92. The van der Waals surface area contributed by atoms with E-state index in [4.69, 9.17) is 17.4 Å². The van der Waals surface area contributed by atoms with Crippen molar-refractivity contribution in [3.05, 3.63) is 0 Å². The van der Waals surface area contributed by atoms with E-state index in [9.17, 15) is 14.2 Å². The summed E-state index contributed by atoms with van der Waals surface area (Å²) < 4.78 is 29.6. The standard InChI is InChI=1S/C11H12O7P/c1-4-6-16-10(12)9(11(13)17-7-5-2)18-19(14)8-15-3/h1-2,9H,6-8H2,3H3/q+1. The van der Waals surface area contributed by atoms with Crippen LogP contribution in [0, 0.1) is 24.7 Å². The lowest BCUT2D eigenvalue weighted by Gasteiger charge is -2.08. The van der Waals surface area contributed by atoms with E-state index in [1.165, 1.54) is 7.11 Å². The first-order chi connectivity index (χ1) is 9.06. The van der Waals surface area contributed by atoms with Crippen LogP contribution in [0.5, 0.6) is 0 Å². The van der Waals surface area contributed by atoms with Crippen molar-refractivity contribution < 1.29 is 32.9 Å². The van der Waals surface area contributed by atoms with Gasteiger partial charge < -0.3 is 14.2 Å². The number of methoxy groups -OCH3 is 1. The second-order valence-corrected chi connectivity index (χ2v) is 3.99. The maximum atomic E-state index is 11.5. The fraction of sp³-hybridized carbons (Fsp3) is 0.455. The Morgan fingerprint density at radius 2 is 1.63 bits per heavy atom. The summed E-state index contributed by atoms with van der Waals surface area (Å²) in [5, 5.41) is 0. The molecule has 0 N–H and O–H groups in total. The highest BCUT2D eigenvalue weighted by atomic mass is 31.1. The van der Waals surface area contributed by atoms with Crippen molar-refractivity contribution in [3.63, 3.8) is 0 Å². The van der Waals surface area contributed by atoms with Crippen LogP contribution in [0.2, 0.25) is 0 Å². The summed E-state index contributed by atoms with van der Waals surface area (Å²) in [6.45, 7) is -0.718. The second kappa shape index (κ2) is 10.0. The van der Waals surface area contributed by atoms with Crippen LogP contribution in [0.3, 0.4) is 0 Å². The highest BCUT2D eigenvalue weighted by Gasteiger charge is 2.39. The average molecular weight is 287 g/mol. The predicted octanol–water partition coefficient (Wildman–Crippen LogP) is 0.0707. The van der Waals surface area contributed by atoms with Gasteiger partial charge in [-0.2, -0.15) is 0 Å². The van der Waals surface area contributed by atoms with Gasteiger partial charge in [0.1, 0.15) is 0 Å². The minimum absolute atomic E-state index is 0.295. The third kappa shape index (κ3) is 7.17. The van der Waals surface area contributed by atoms with Gasteiger partial charge in [0.15, 0.2) is 13.2 Å². The molecule has 0 spiro atoms. The zero-order chi connectivity index (χ0) is 14.7. The quantitative estimate of drug-likeness (QED) is 0.270. The highest BCUT2D eigenvalue weighted by Crippen LogP contribution is 2.25. The van der Waals surface area contributed by atoms with Gasteiger partial charge in [0.2, 0.25) is 0 Å². The van der Waals surface area contributed by atoms with E-state index in [-0.39, 0.29) is 19.6 Å². The highest BCUT2D eigenvalue weighted by molar-refractivity contribution is 7.38. The molecule has 0 aliphatic carbocycles. The van der Waals surface area contributed by atoms with Gasteiger partial charge in [-0.05, 0) is 4.57 Å². The molecule has 0 aliphatic rings. The van der Waals surface area contributed by atoms with Crippen molar-refractivity contribution in [3.8, 4) is 24.7 Å². The molecular weight excluding hydrogens is 275 g/mol. The number of esters is 2. The van der Waals surface area contributed by atoms with Crippen LogP contribution in [-0.4, -0.2) is 44.7 Å². The Morgan fingerprint density at radius 3 is 2.00 bits per heavy atom. The molecule has 0 aromatic heterocycles. The molecule has 8 heteroatoms. The molecular formula is C11H12O7P+. The number of ether oxygens (including phenoxy) is 3. The molecule has 0 heterocycles. The summed E-state index contributed by atoms with van der Waals surface area (Å²) in [7, 11) is -1.12. The number of hydrogen-bond donors (Lipinski definition) is 0. The van der Waals surface area contributed by atoms with Crippen LogP contribution < -0.4 is 0 Å². The van der Waals surface area contributed by atoms with Crippen LogP contribution in [0.15, 0.2) is 0 Å². The smallest absolute Gasteiger partial charge is 0.450 e. The molecule has 1 atom stereocenters. The number of terminal acetylenes is 2. The summed E-state index contributed by atoms with van der Waals surface area (Å²) in [5.41, 5.74) is 0. The fourth-order valence-corrected chi connectivity index (χ4v) is 1.49. The molecule has 0 aromatic rings. The van der Waals surface area contributed by atoms with E-state index in [1.54, 1.807) is 0 Å². The van der Waals surface area contributed by atoms with E-state index < -0.39 is 26.1 Å². The Bertz CT molecular complexity index is 388. The first kappa shape index (κ1) is 17.1. The van der Waals surface area contributed by atoms with Gasteiger partial charge in [-0.15, -0.1) is 17.4 Å². The molecule has 0 saturated carbocycles. The first-order valence-corrected chi connectivity index (χ1v) is 6.23. The zero-order valence-corrected chi connectivity index (χ0v) is 11.1. The molecule has 0 aromatic carbocycles. The predicted molar refractivity (Wildman–Crippen MR) is 63.9 cm³/mol. The summed E-state index contributed by atoms with van der Waals surface area (Å²) in [4.78, 5) is 23.0. The third-order valence-corrected chi connectivity index (χ3v) is 2.40. The largest absolute Gasteiger partial charge is 0.538 e.